The third kappa shape index (κ3) is 12.5. The fourth-order valence-electron chi connectivity index (χ4n) is 8.24. The molecule has 2 aromatic carbocycles. The van der Waals surface area contributed by atoms with Gasteiger partial charge in [-0.25, -0.2) is 0 Å². The monoisotopic (exact) mass is 858 g/mol. The number of primary amides is 1. The van der Waals surface area contributed by atoms with Gasteiger partial charge in [-0.05, 0) is 99.6 Å². The molecule has 62 heavy (non-hydrogen) atoms. The second kappa shape index (κ2) is 22.2. The van der Waals surface area contributed by atoms with Crippen LogP contribution >= 0.6 is 0 Å². The quantitative estimate of drug-likeness (QED) is 0.0656. The van der Waals surface area contributed by atoms with Gasteiger partial charge < -0.3 is 58.4 Å². The van der Waals surface area contributed by atoms with Crippen molar-refractivity contribution < 1.29 is 38.7 Å². The number of rotatable bonds is 21. The third-order valence-corrected chi connectivity index (χ3v) is 11.5. The number of nitrogens with one attached hydrogen (secondary N) is 5. The normalized spacial score (nSPS) is 18.2. The Labute approximate surface area is 361 Å². The summed E-state index contributed by atoms with van der Waals surface area (Å²) in [5, 5.41) is 21.3. The molecule has 0 bridgehead atoms. The van der Waals surface area contributed by atoms with E-state index in [0.29, 0.717) is 51.5 Å². The number of unbranched alkanes of at least 4 members (excludes halogenated alkanes) is 1. The summed E-state index contributed by atoms with van der Waals surface area (Å²) in [5.74, 6) is -3.78. The second-order valence-electron chi connectivity index (χ2n) is 16.7. The van der Waals surface area contributed by atoms with Crippen LogP contribution in [0.3, 0.4) is 0 Å². The molecule has 2 fully saturated rings. The SMILES string of the molecule is CC(C)C[C@H](NC(=O)CNC(=O)[C@@H]1CCCN1C(=O)[C@@H]1CCCN1C(=O)[C@H](CCCCN)NC(=O)[C@@H](N)Cc1ccc(O)cc1)C(=O)N[C@@H](Cc1c[nH]c2ccccc12)C(N)=O. The molecule has 3 heterocycles. The van der Waals surface area contributed by atoms with Gasteiger partial charge in [0.25, 0.3) is 0 Å². The average molecular weight is 859 g/mol. The maximum Gasteiger partial charge on any atom is 0.246 e. The van der Waals surface area contributed by atoms with Crippen LogP contribution in [0.4, 0.5) is 0 Å². The zero-order chi connectivity index (χ0) is 44.9. The number of aromatic hydroxyl groups is 1. The molecule has 6 atom stereocenters. The largest absolute Gasteiger partial charge is 0.508 e. The number of amides is 7. The molecule has 12 N–H and O–H groups in total. The van der Waals surface area contributed by atoms with Gasteiger partial charge in [0.2, 0.25) is 41.4 Å². The first-order valence-electron chi connectivity index (χ1n) is 21.5. The van der Waals surface area contributed by atoms with E-state index in [0.717, 1.165) is 22.0 Å². The number of aromatic amines is 1. The number of H-pyrrole nitrogens is 1. The highest BCUT2D eigenvalue weighted by molar-refractivity contribution is 5.97. The van der Waals surface area contributed by atoms with E-state index in [1.807, 2.05) is 38.1 Å². The molecule has 0 saturated carbocycles. The fraction of sp³-hybridized carbons (Fsp3) is 0.523. The van der Waals surface area contributed by atoms with Crippen LogP contribution in [-0.2, 0) is 46.4 Å². The highest BCUT2D eigenvalue weighted by atomic mass is 16.3. The summed E-state index contributed by atoms with van der Waals surface area (Å²) in [7, 11) is 0. The molecule has 0 aliphatic carbocycles. The summed E-state index contributed by atoms with van der Waals surface area (Å²) < 4.78 is 0. The maximum atomic E-state index is 14.1. The summed E-state index contributed by atoms with van der Waals surface area (Å²) in [4.78, 5) is 100. The molecule has 2 aliphatic heterocycles. The molecule has 18 nitrogen and oxygen atoms in total. The number of hydrogen-bond donors (Lipinski definition) is 9. The van der Waals surface area contributed by atoms with Gasteiger partial charge in [0, 0.05) is 36.6 Å². The standard InChI is InChI=1S/C44H62N10O8/c1-26(2)21-35(41(59)52-34(39(47)57)23-28-24-48-32-10-4-3-9-30(28)32)50-38(56)25-49-42(60)36-12-7-19-53(36)44(62)37-13-8-20-54(37)43(61)33(11-5-6-18-45)51-40(58)31(46)22-27-14-16-29(55)17-15-27/h3-4,9-10,14-17,24,26,31,33-37,48,55H,5-8,11-13,18-23,25,45-46H2,1-2H3,(H2,47,57)(H,49,60)(H,50,56)(H,51,58)(H,52,59)/t31-,33-,34-,35-,36-,37-/m0/s1. The van der Waals surface area contributed by atoms with Gasteiger partial charge in [0.05, 0.1) is 12.6 Å². The summed E-state index contributed by atoms with van der Waals surface area (Å²) in [6.07, 6.45) is 5.59. The van der Waals surface area contributed by atoms with Crippen molar-refractivity contribution in [3.05, 3.63) is 65.9 Å². The minimum Gasteiger partial charge on any atom is -0.508 e. The van der Waals surface area contributed by atoms with E-state index < -0.39 is 78.2 Å². The molecule has 18 heteroatoms. The van der Waals surface area contributed by atoms with Crippen molar-refractivity contribution in [1.29, 1.82) is 0 Å². The van der Waals surface area contributed by atoms with Crippen molar-refractivity contribution in [1.82, 2.24) is 36.1 Å². The molecule has 2 saturated heterocycles. The lowest BCUT2D eigenvalue weighted by Crippen LogP contribution is -2.58. The van der Waals surface area contributed by atoms with Gasteiger partial charge >= 0.3 is 0 Å². The van der Waals surface area contributed by atoms with Crippen LogP contribution in [0.15, 0.2) is 54.7 Å². The molecular formula is C44H62N10O8. The summed E-state index contributed by atoms with van der Waals surface area (Å²) in [6, 6.07) is 8.12. The number of aromatic nitrogens is 1. The van der Waals surface area contributed by atoms with Crippen LogP contribution in [0.5, 0.6) is 5.75 Å². The molecule has 0 unspecified atom stereocenters. The predicted octanol–water partition coefficient (Wildman–Crippen LogP) is 0.199. The van der Waals surface area contributed by atoms with E-state index in [2.05, 4.69) is 26.3 Å². The van der Waals surface area contributed by atoms with Crippen LogP contribution < -0.4 is 38.5 Å². The number of carbonyl (C=O) groups excluding carboxylic acids is 7. The number of nitrogens with zero attached hydrogens (tertiary/aromatic N) is 2. The second-order valence-corrected chi connectivity index (χ2v) is 16.7. The van der Waals surface area contributed by atoms with E-state index >= 15 is 0 Å². The third-order valence-electron chi connectivity index (χ3n) is 11.5. The fourth-order valence-corrected chi connectivity index (χ4v) is 8.24. The number of benzene rings is 2. The zero-order valence-electron chi connectivity index (χ0n) is 35.6. The molecule has 336 valence electrons. The lowest BCUT2D eigenvalue weighted by molar-refractivity contribution is -0.148. The van der Waals surface area contributed by atoms with Crippen LogP contribution in [0, 0.1) is 5.92 Å². The zero-order valence-corrected chi connectivity index (χ0v) is 35.6. The molecule has 5 rings (SSSR count). The van der Waals surface area contributed by atoms with Gasteiger partial charge in [-0.1, -0.05) is 44.2 Å². The van der Waals surface area contributed by atoms with Crippen LogP contribution in [0.25, 0.3) is 10.9 Å². The maximum absolute atomic E-state index is 14.1. The Morgan fingerprint density at radius 1 is 0.823 bits per heavy atom. The van der Waals surface area contributed by atoms with Crippen molar-refractivity contribution in [2.75, 3.05) is 26.2 Å². The van der Waals surface area contributed by atoms with Crippen molar-refractivity contribution in [3.8, 4) is 5.75 Å². The van der Waals surface area contributed by atoms with Gasteiger partial charge in [-0.15, -0.1) is 0 Å². The molecule has 0 spiro atoms. The molecule has 3 aromatic rings. The van der Waals surface area contributed by atoms with Gasteiger partial charge in [-0.3, -0.25) is 33.6 Å². The van der Waals surface area contributed by atoms with Crippen molar-refractivity contribution in [2.45, 2.75) is 114 Å². The van der Waals surface area contributed by atoms with E-state index in [-0.39, 0.29) is 49.9 Å². The Kier molecular flexibility index (Phi) is 16.8. The van der Waals surface area contributed by atoms with E-state index in [1.54, 1.807) is 18.3 Å². The van der Waals surface area contributed by atoms with Gasteiger partial charge in [0.15, 0.2) is 0 Å². The topological polar surface area (TPSA) is 288 Å². The van der Waals surface area contributed by atoms with E-state index in [9.17, 15) is 38.7 Å². The number of likely N-dealkylation sites (tertiary alicyclic amines) is 2. The average Bonchev–Trinajstić information content (AvgIpc) is 4.03. The lowest BCUT2D eigenvalue weighted by Gasteiger charge is -2.33. The molecule has 1 aromatic heterocycles. The Morgan fingerprint density at radius 2 is 1.50 bits per heavy atom. The number of fused-ring (bicyclic) bond motifs is 1. The molecule has 2 aliphatic rings. The van der Waals surface area contributed by atoms with Gasteiger partial charge in [0.1, 0.15) is 36.0 Å². The van der Waals surface area contributed by atoms with Crippen molar-refractivity contribution >= 4 is 52.3 Å². The predicted molar refractivity (Wildman–Crippen MR) is 232 cm³/mol. The molecule has 0 radical (unpaired) electrons. The van der Waals surface area contributed by atoms with Gasteiger partial charge in [-0.2, -0.15) is 0 Å². The Balaban J connectivity index is 1.17. The van der Waals surface area contributed by atoms with Crippen molar-refractivity contribution in [3.63, 3.8) is 0 Å². The summed E-state index contributed by atoms with van der Waals surface area (Å²) in [5.41, 5.74) is 20.0. The summed E-state index contributed by atoms with van der Waals surface area (Å²) >= 11 is 0. The van der Waals surface area contributed by atoms with E-state index in [1.165, 1.54) is 21.9 Å². The number of phenols is 1. The first-order chi connectivity index (χ1) is 29.7. The minimum atomic E-state index is -1.05. The number of hydrogen-bond acceptors (Lipinski definition) is 10. The van der Waals surface area contributed by atoms with Crippen LogP contribution in [-0.4, -0.2) is 124 Å². The number of phenolic OH excluding ortho intramolecular Hbond substituents is 1. The Hall–Kier alpha value is -6.01. The highest BCUT2D eigenvalue weighted by Gasteiger charge is 2.43. The first-order valence-corrected chi connectivity index (χ1v) is 21.5. The molecule has 7 amide bonds. The Bertz CT molecular complexity index is 2060. The smallest absolute Gasteiger partial charge is 0.246 e. The minimum absolute atomic E-state index is 0.0204. The van der Waals surface area contributed by atoms with Crippen LogP contribution in [0.1, 0.15) is 76.3 Å². The van der Waals surface area contributed by atoms with Crippen molar-refractivity contribution in [2.24, 2.45) is 23.1 Å². The summed E-state index contributed by atoms with van der Waals surface area (Å²) in [6.45, 7) is 4.26. The van der Waals surface area contributed by atoms with Crippen LogP contribution in [0.2, 0.25) is 0 Å². The van der Waals surface area contributed by atoms with E-state index in [4.69, 9.17) is 17.2 Å². The lowest BCUT2D eigenvalue weighted by atomic mass is 10.0. The number of carbonyl (C=O) groups is 7. The highest BCUT2D eigenvalue weighted by Crippen LogP contribution is 2.26. The number of nitrogens with two attached hydrogens (primary N) is 3. The molecular weight excluding hydrogens is 797 g/mol. The Morgan fingerprint density at radius 3 is 2.19 bits per heavy atom. The first kappa shape index (κ1) is 47.0. The number of para-hydroxylation sites is 1.